The number of ether oxygens (including phenoxy) is 1. The van der Waals surface area contributed by atoms with E-state index < -0.39 is 0 Å². The number of likely N-dealkylation sites (tertiary alicyclic amines) is 1. The first-order chi connectivity index (χ1) is 7.79. The third kappa shape index (κ3) is 2.47. The van der Waals surface area contributed by atoms with Gasteiger partial charge in [0.05, 0.1) is 0 Å². The summed E-state index contributed by atoms with van der Waals surface area (Å²) in [5, 5.41) is 8.68. The zero-order valence-corrected chi connectivity index (χ0v) is 9.26. The molecule has 0 amide bonds. The van der Waals surface area contributed by atoms with Crippen molar-refractivity contribution in [3.05, 3.63) is 18.0 Å². The molecule has 0 N–H and O–H groups in total. The van der Waals surface area contributed by atoms with Crippen molar-refractivity contribution in [2.45, 2.75) is 18.9 Å². The molecule has 84 valence electrons. The standard InChI is InChI=1S/C11H14N4O/c1-15-6-2-3-10(15)8-16-11-13-5-4-9(7-12)14-11/h4-5,10H,2-3,6,8H2,1H3/t10-/m0/s1. The Hall–Kier alpha value is -1.67. The molecule has 1 atom stereocenters. The molecule has 0 aliphatic carbocycles. The largest absolute Gasteiger partial charge is 0.462 e. The van der Waals surface area contributed by atoms with E-state index in [0.717, 1.165) is 13.0 Å². The van der Waals surface area contributed by atoms with Gasteiger partial charge in [0.1, 0.15) is 18.4 Å². The minimum atomic E-state index is 0.291. The van der Waals surface area contributed by atoms with Gasteiger partial charge in [0.25, 0.3) is 0 Å². The molecule has 0 unspecified atom stereocenters. The Balaban J connectivity index is 1.92. The minimum Gasteiger partial charge on any atom is -0.462 e. The molecule has 2 heterocycles. The first-order valence-corrected chi connectivity index (χ1v) is 5.36. The third-order valence-corrected chi connectivity index (χ3v) is 2.82. The highest BCUT2D eigenvalue weighted by Gasteiger charge is 2.21. The molecule has 1 aliphatic rings. The first-order valence-electron chi connectivity index (χ1n) is 5.36. The van der Waals surface area contributed by atoms with E-state index in [-0.39, 0.29) is 0 Å². The monoisotopic (exact) mass is 218 g/mol. The summed E-state index contributed by atoms with van der Waals surface area (Å²) in [6, 6.07) is 4.26. The van der Waals surface area contributed by atoms with Crippen LogP contribution in [-0.4, -0.2) is 41.1 Å². The molecule has 16 heavy (non-hydrogen) atoms. The number of nitrogens with zero attached hydrogens (tertiary/aromatic N) is 4. The van der Waals surface area contributed by atoms with Crippen molar-refractivity contribution in [1.29, 1.82) is 5.26 Å². The lowest BCUT2D eigenvalue weighted by Gasteiger charge is -2.18. The normalized spacial score (nSPS) is 20.6. The highest BCUT2D eigenvalue weighted by molar-refractivity contribution is 5.19. The van der Waals surface area contributed by atoms with Gasteiger partial charge in [-0.05, 0) is 32.5 Å². The Morgan fingerprint density at radius 3 is 3.25 bits per heavy atom. The molecule has 2 rings (SSSR count). The first kappa shape index (κ1) is 10.8. The second kappa shape index (κ2) is 4.90. The summed E-state index contributed by atoms with van der Waals surface area (Å²) >= 11 is 0. The summed E-state index contributed by atoms with van der Waals surface area (Å²) in [4.78, 5) is 10.2. The van der Waals surface area contributed by atoms with Crippen LogP contribution < -0.4 is 4.74 Å². The summed E-state index contributed by atoms with van der Waals surface area (Å²) in [5.41, 5.74) is 0.338. The van der Waals surface area contributed by atoms with Crippen LogP contribution in [0.1, 0.15) is 18.5 Å². The Labute approximate surface area is 94.7 Å². The minimum absolute atomic E-state index is 0.291. The van der Waals surface area contributed by atoms with E-state index in [2.05, 4.69) is 21.9 Å². The van der Waals surface area contributed by atoms with E-state index in [1.54, 1.807) is 12.3 Å². The molecule has 1 aromatic heterocycles. The fourth-order valence-electron chi connectivity index (χ4n) is 1.83. The quantitative estimate of drug-likeness (QED) is 0.751. The fraction of sp³-hybridized carbons (Fsp3) is 0.545. The maximum Gasteiger partial charge on any atom is 0.317 e. The number of aromatic nitrogens is 2. The number of nitriles is 1. The molecule has 1 saturated heterocycles. The molecule has 1 aromatic rings. The van der Waals surface area contributed by atoms with Crippen molar-refractivity contribution in [3.8, 4) is 12.1 Å². The second-order valence-corrected chi connectivity index (χ2v) is 3.92. The Kier molecular flexibility index (Phi) is 3.32. The van der Waals surface area contributed by atoms with Gasteiger partial charge in [-0.15, -0.1) is 0 Å². The van der Waals surface area contributed by atoms with Crippen LogP contribution in [0.25, 0.3) is 0 Å². The van der Waals surface area contributed by atoms with Crippen molar-refractivity contribution in [2.75, 3.05) is 20.2 Å². The highest BCUT2D eigenvalue weighted by atomic mass is 16.5. The molecular formula is C11H14N4O. The third-order valence-electron chi connectivity index (χ3n) is 2.82. The molecule has 5 heteroatoms. The number of rotatable bonds is 3. The summed E-state index contributed by atoms with van der Waals surface area (Å²) in [6.45, 7) is 1.71. The molecule has 5 nitrogen and oxygen atoms in total. The summed E-state index contributed by atoms with van der Waals surface area (Å²) in [5.74, 6) is 0. The van der Waals surface area contributed by atoms with Crippen LogP contribution in [0.4, 0.5) is 0 Å². The fourth-order valence-corrected chi connectivity index (χ4v) is 1.83. The van der Waals surface area contributed by atoms with Crippen LogP contribution in [0.3, 0.4) is 0 Å². The van der Waals surface area contributed by atoms with Crippen LogP contribution in [0.15, 0.2) is 12.3 Å². The van der Waals surface area contributed by atoms with Gasteiger partial charge in [0.15, 0.2) is 0 Å². The maximum absolute atomic E-state index is 8.68. The van der Waals surface area contributed by atoms with Crippen LogP contribution in [0, 0.1) is 11.3 Å². The highest BCUT2D eigenvalue weighted by Crippen LogP contribution is 2.15. The predicted octanol–water partition coefficient (Wildman–Crippen LogP) is 0.821. The van der Waals surface area contributed by atoms with E-state index in [9.17, 15) is 0 Å². The Morgan fingerprint density at radius 2 is 2.56 bits per heavy atom. The van der Waals surface area contributed by atoms with Crippen LogP contribution in [0.2, 0.25) is 0 Å². The molecule has 1 aliphatic heterocycles. The molecule has 1 fully saturated rings. The Bertz CT molecular complexity index is 401. The second-order valence-electron chi connectivity index (χ2n) is 3.92. The van der Waals surface area contributed by atoms with Crippen molar-refractivity contribution < 1.29 is 4.74 Å². The van der Waals surface area contributed by atoms with Crippen LogP contribution in [0.5, 0.6) is 6.01 Å². The smallest absolute Gasteiger partial charge is 0.317 e. The summed E-state index contributed by atoms with van der Waals surface area (Å²) < 4.78 is 5.49. The van der Waals surface area contributed by atoms with Gasteiger partial charge in [-0.2, -0.15) is 10.2 Å². The van der Waals surface area contributed by atoms with Crippen molar-refractivity contribution >= 4 is 0 Å². The summed E-state index contributed by atoms with van der Waals surface area (Å²) in [7, 11) is 2.09. The predicted molar refractivity (Wildman–Crippen MR) is 57.9 cm³/mol. The molecule has 0 saturated carbocycles. The lowest BCUT2D eigenvalue weighted by Crippen LogP contribution is -2.30. The van der Waals surface area contributed by atoms with Crippen molar-refractivity contribution in [3.63, 3.8) is 0 Å². The molecular weight excluding hydrogens is 204 g/mol. The van der Waals surface area contributed by atoms with E-state index >= 15 is 0 Å². The van der Waals surface area contributed by atoms with E-state index in [1.165, 1.54) is 6.42 Å². The average molecular weight is 218 g/mol. The van der Waals surface area contributed by atoms with Crippen molar-refractivity contribution in [1.82, 2.24) is 14.9 Å². The van der Waals surface area contributed by atoms with E-state index in [0.29, 0.717) is 24.4 Å². The number of likely N-dealkylation sites (N-methyl/N-ethyl adjacent to an activating group) is 1. The lowest BCUT2D eigenvalue weighted by molar-refractivity contribution is 0.187. The summed E-state index contributed by atoms with van der Waals surface area (Å²) in [6.07, 6.45) is 3.90. The lowest BCUT2D eigenvalue weighted by atomic mass is 10.2. The number of hydrogen-bond acceptors (Lipinski definition) is 5. The van der Waals surface area contributed by atoms with Crippen LogP contribution >= 0.6 is 0 Å². The molecule has 0 bridgehead atoms. The van der Waals surface area contributed by atoms with Gasteiger partial charge in [-0.1, -0.05) is 0 Å². The van der Waals surface area contributed by atoms with Gasteiger partial charge in [0.2, 0.25) is 0 Å². The SMILES string of the molecule is CN1CCC[C@H]1COc1nccc(C#N)n1. The maximum atomic E-state index is 8.68. The molecule has 0 spiro atoms. The van der Waals surface area contributed by atoms with Gasteiger partial charge in [-0.3, -0.25) is 0 Å². The molecule has 0 radical (unpaired) electrons. The topological polar surface area (TPSA) is 62.0 Å². The zero-order chi connectivity index (χ0) is 11.4. The molecule has 0 aromatic carbocycles. The van der Waals surface area contributed by atoms with E-state index in [1.807, 2.05) is 6.07 Å². The van der Waals surface area contributed by atoms with Gasteiger partial charge >= 0.3 is 6.01 Å². The zero-order valence-electron chi connectivity index (χ0n) is 9.26. The number of hydrogen-bond donors (Lipinski definition) is 0. The van der Waals surface area contributed by atoms with Gasteiger partial charge < -0.3 is 9.64 Å². The van der Waals surface area contributed by atoms with Gasteiger partial charge in [0, 0.05) is 12.2 Å². The Morgan fingerprint density at radius 1 is 1.69 bits per heavy atom. The average Bonchev–Trinajstić information content (AvgIpc) is 2.72. The van der Waals surface area contributed by atoms with Crippen molar-refractivity contribution in [2.24, 2.45) is 0 Å². The van der Waals surface area contributed by atoms with E-state index in [4.69, 9.17) is 10.00 Å². The van der Waals surface area contributed by atoms with Gasteiger partial charge in [-0.25, -0.2) is 4.98 Å². The van der Waals surface area contributed by atoms with Crippen LogP contribution in [-0.2, 0) is 0 Å².